The van der Waals surface area contributed by atoms with E-state index in [4.69, 9.17) is 4.98 Å². The number of carbonyl (C=O) groups is 1. The first-order valence-electron chi connectivity index (χ1n) is 8.85. The zero-order valence-electron chi connectivity index (χ0n) is 15.2. The van der Waals surface area contributed by atoms with Gasteiger partial charge in [0.1, 0.15) is 11.6 Å². The molecule has 0 saturated heterocycles. The lowest BCUT2D eigenvalue weighted by molar-refractivity contribution is 0.101. The summed E-state index contributed by atoms with van der Waals surface area (Å²) in [5.41, 5.74) is 4.04. The number of carbonyl (C=O) groups excluding carboxylic acids is 1. The molecule has 0 aliphatic heterocycles. The van der Waals surface area contributed by atoms with Crippen LogP contribution in [0.2, 0.25) is 0 Å². The monoisotopic (exact) mass is 362 g/mol. The molecule has 0 unspecified atom stereocenters. The summed E-state index contributed by atoms with van der Waals surface area (Å²) in [5.74, 6) is 0.603. The lowest BCUT2D eigenvalue weighted by Crippen LogP contribution is -2.07. The van der Waals surface area contributed by atoms with Crippen molar-refractivity contribution in [1.82, 2.24) is 19.3 Å². The van der Waals surface area contributed by atoms with Gasteiger partial charge in [-0.3, -0.25) is 4.79 Å². The van der Waals surface area contributed by atoms with E-state index >= 15 is 0 Å². The molecule has 0 spiro atoms. The molecule has 0 aliphatic carbocycles. The van der Waals surface area contributed by atoms with Crippen LogP contribution >= 0.6 is 0 Å². The fourth-order valence-corrected chi connectivity index (χ4v) is 3.35. The van der Waals surface area contributed by atoms with Crippen LogP contribution < -0.4 is 0 Å². The molecule has 27 heavy (non-hydrogen) atoms. The second-order valence-electron chi connectivity index (χ2n) is 6.42. The number of nitrogens with zero attached hydrogens (tertiary/aromatic N) is 4. The van der Waals surface area contributed by atoms with Crippen molar-refractivity contribution in [1.29, 1.82) is 0 Å². The summed E-state index contributed by atoms with van der Waals surface area (Å²) in [6.45, 7) is 4.38. The molecule has 4 aromatic rings. The molecule has 0 radical (unpaired) electrons. The third-order valence-corrected chi connectivity index (χ3v) is 4.66. The SMILES string of the molecule is CCn1c(Cc2ccnn2-c2cccc(F)c2)nc2cc(C(C)=O)ccc21. The van der Waals surface area contributed by atoms with Crippen molar-refractivity contribution in [2.24, 2.45) is 0 Å². The molecule has 0 bridgehead atoms. The second-order valence-corrected chi connectivity index (χ2v) is 6.42. The van der Waals surface area contributed by atoms with Gasteiger partial charge in [-0.15, -0.1) is 0 Å². The number of Topliss-reactive ketones (excluding diaryl/α,β-unsaturated/α-hetero) is 1. The number of aryl methyl sites for hydroxylation is 1. The molecule has 2 aromatic heterocycles. The van der Waals surface area contributed by atoms with E-state index in [0.29, 0.717) is 17.7 Å². The maximum atomic E-state index is 13.6. The van der Waals surface area contributed by atoms with Gasteiger partial charge < -0.3 is 4.57 Å². The Bertz CT molecular complexity index is 1140. The molecule has 5 nitrogen and oxygen atoms in total. The average Bonchev–Trinajstić information content (AvgIpc) is 3.25. The predicted octanol–water partition coefficient (Wildman–Crippen LogP) is 4.17. The van der Waals surface area contributed by atoms with Gasteiger partial charge in [-0.1, -0.05) is 6.07 Å². The number of imidazole rings is 1. The fourth-order valence-electron chi connectivity index (χ4n) is 3.35. The van der Waals surface area contributed by atoms with Crippen LogP contribution in [0.15, 0.2) is 54.7 Å². The maximum Gasteiger partial charge on any atom is 0.159 e. The number of hydrogen-bond donors (Lipinski definition) is 0. The van der Waals surface area contributed by atoms with E-state index in [-0.39, 0.29) is 11.6 Å². The van der Waals surface area contributed by atoms with Gasteiger partial charge in [0.15, 0.2) is 5.78 Å². The molecule has 2 heterocycles. The Balaban J connectivity index is 1.76. The molecule has 4 rings (SSSR count). The largest absolute Gasteiger partial charge is 0.328 e. The Morgan fingerprint density at radius 1 is 1.15 bits per heavy atom. The van der Waals surface area contributed by atoms with E-state index in [1.165, 1.54) is 12.1 Å². The molecule has 2 aromatic carbocycles. The zero-order valence-corrected chi connectivity index (χ0v) is 15.2. The van der Waals surface area contributed by atoms with E-state index in [9.17, 15) is 9.18 Å². The third kappa shape index (κ3) is 3.14. The van der Waals surface area contributed by atoms with Crippen LogP contribution in [0, 0.1) is 5.82 Å². The number of benzene rings is 2. The summed E-state index contributed by atoms with van der Waals surface area (Å²) in [7, 11) is 0. The van der Waals surface area contributed by atoms with Crippen molar-refractivity contribution in [3.05, 3.63) is 77.6 Å². The highest BCUT2D eigenvalue weighted by Gasteiger charge is 2.14. The first-order valence-corrected chi connectivity index (χ1v) is 8.85. The molecule has 0 N–H and O–H groups in total. The molecule has 0 amide bonds. The Labute approximate surface area is 156 Å². The van der Waals surface area contributed by atoms with Crippen molar-refractivity contribution in [3.63, 3.8) is 0 Å². The topological polar surface area (TPSA) is 52.7 Å². The van der Waals surface area contributed by atoms with Gasteiger partial charge in [-0.05, 0) is 56.3 Å². The molecule has 0 aliphatic rings. The first-order chi connectivity index (χ1) is 13.1. The molecule has 0 saturated carbocycles. The first kappa shape index (κ1) is 17.1. The summed E-state index contributed by atoms with van der Waals surface area (Å²) in [4.78, 5) is 16.4. The Hall–Kier alpha value is -3.28. The highest BCUT2D eigenvalue weighted by Crippen LogP contribution is 2.21. The lowest BCUT2D eigenvalue weighted by atomic mass is 10.1. The molecule has 6 heteroatoms. The van der Waals surface area contributed by atoms with Gasteiger partial charge in [0.2, 0.25) is 0 Å². The summed E-state index contributed by atoms with van der Waals surface area (Å²) < 4.78 is 17.4. The van der Waals surface area contributed by atoms with Gasteiger partial charge in [0, 0.05) is 24.7 Å². The maximum absolute atomic E-state index is 13.6. The number of fused-ring (bicyclic) bond motifs is 1. The number of rotatable bonds is 5. The van der Waals surface area contributed by atoms with Crippen LogP contribution in [-0.2, 0) is 13.0 Å². The normalized spacial score (nSPS) is 11.2. The minimum atomic E-state index is -0.300. The van der Waals surface area contributed by atoms with E-state index in [2.05, 4.69) is 16.6 Å². The van der Waals surface area contributed by atoms with Gasteiger partial charge in [0.05, 0.1) is 22.4 Å². The smallest absolute Gasteiger partial charge is 0.159 e. The van der Waals surface area contributed by atoms with Gasteiger partial charge in [-0.25, -0.2) is 14.1 Å². The highest BCUT2D eigenvalue weighted by molar-refractivity contribution is 5.97. The van der Waals surface area contributed by atoms with Crippen LogP contribution in [0.25, 0.3) is 16.7 Å². The number of hydrogen-bond acceptors (Lipinski definition) is 3. The third-order valence-electron chi connectivity index (χ3n) is 4.66. The van der Waals surface area contributed by atoms with Gasteiger partial charge >= 0.3 is 0 Å². The summed E-state index contributed by atoms with van der Waals surface area (Å²) in [6, 6.07) is 13.9. The predicted molar refractivity (Wildman–Crippen MR) is 102 cm³/mol. The van der Waals surface area contributed by atoms with Crippen molar-refractivity contribution in [3.8, 4) is 5.69 Å². The Morgan fingerprint density at radius 3 is 2.74 bits per heavy atom. The molecule has 0 atom stereocenters. The minimum Gasteiger partial charge on any atom is -0.328 e. The fraction of sp³-hybridized carbons (Fsp3) is 0.190. The molecule has 136 valence electrons. The molecular weight excluding hydrogens is 343 g/mol. The minimum absolute atomic E-state index is 0.0219. The van der Waals surface area contributed by atoms with Gasteiger partial charge in [0.25, 0.3) is 0 Å². The number of aromatic nitrogens is 4. The van der Waals surface area contributed by atoms with Crippen molar-refractivity contribution < 1.29 is 9.18 Å². The highest BCUT2D eigenvalue weighted by atomic mass is 19.1. The van der Waals surface area contributed by atoms with E-state index < -0.39 is 0 Å². The van der Waals surface area contributed by atoms with Crippen LogP contribution in [0.3, 0.4) is 0 Å². The number of halogens is 1. The van der Waals surface area contributed by atoms with Crippen LogP contribution in [0.1, 0.15) is 35.7 Å². The summed E-state index contributed by atoms with van der Waals surface area (Å²) in [5, 5.41) is 4.34. The quantitative estimate of drug-likeness (QED) is 0.501. The summed E-state index contributed by atoms with van der Waals surface area (Å²) >= 11 is 0. The Kier molecular flexibility index (Phi) is 4.32. The molecule has 0 fully saturated rings. The van der Waals surface area contributed by atoms with E-state index in [1.54, 1.807) is 23.9 Å². The number of ketones is 1. The van der Waals surface area contributed by atoms with E-state index in [1.807, 2.05) is 30.3 Å². The van der Waals surface area contributed by atoms with Crippen molar-refractivity contribution in [2.75, 3.05) is 0 Å². The zero-order chi connectivity index (χ0) is 19.0. The van der Waals surface area contributed by atoms with Crippen LogP contribution in [-0.4, -0.2) is 25.1 Å². The van der Waals surface area contributed by atoms with Crippen LogP contribution in [0.4, 0.5) is 4.39 Å². The standard InChI is InChI=1S/C21H19FN4O/c1-3-25-20-8-7-15(14(2)27)11-19(20)24-21(25)13-18-9-10-23-26(18)17-6-4-5-16(22)12-17/h4-12H,3,13H2,1-2H3. The summed E-state index contributed by atoms with van der Waals surface area (Å²) in [6.07, 6.45) is 2.25. The van der Waals surface area contributed by atoms with Crippen molar-refractivity contribution >= 4 is 16.8 Å². The van der Waals surface area contributed by atoms with E-state index in [0.717, 1.165) is 29.1 Å². The lowest BCUT2D eigenvalue weighted by Gasteiger charge is -2.09. The van der Waals surface area contributed by atoms with Crippen LogP contribution in [0.5, 0.6) is 0 Å². The van der Waals surface area contributed by atoms with Gasteiger partial charge in [-0.2, -0.15) is 5.10 Å². The Morgan fingerprint density at radius 2 is 2.00 bits per heavy atom. The average molecular weight is 362 g/mol. The second kappa shape index (κ2) is 6.79. The van der Waals surface area contributed by atoms with Crippen molar-refractivity contribution in [2.45, 2.75) is 26.8 Å². The molecular formula is C21H19FN4O.